The van der Waals surface area contributed by atoms with Gasteiger partial charge in [-0.2, -0.15) is 0 Å². The van der Waals surface area contributed by atoms with E-state index in [1.165, 1.54) is 25.7 Å². The van der Waals surface area contributed by atoms with E-state index in [1.54, 1.807) is 6.20 Å². The minimum atomic E-state index is 0.725. The highest BCUT2D eigenvalue weighted by Crippen LogP contribution is 2.11. The van der Waals surface area contributed by atoms with Gasteiger partial charge in [0, 0.05) is 6.54 Å². The molecular weight excluding hydrogens is 210 g/mol. The molecule has 1 heterocycles. The number of hydrogen-bond donors (Lipinski definition) is 2. The van der Waals surface area contributed by atoms with Gasteiger partial charge in [0.2, 0.25) is 0 Å². The summed E-state index contributed by atoms with van der Waals surface area (Å²) in [6, 6.07) is 3.88. The fourth-order valence-corrected chi connectivity index (χ4v) is 1.89. The first-order chi connectivity index (χ1) is 8.26. The Morgan fingerprint density at radius 3 is 2.76 bits per heavy atom. The van der Waals surface area contributed by atoms with E-state index >= 15 is 0 Å². The fraction of sp³-hybridized carbons (Fsp3) is 0.643. The molecule has 3 heteroatoms. The molecule has 0 saturated carbocycles. The zero-order valence-electron chi connectivity index (χ0n) is 11.1. The van der Waals surface area contributed by atoms with E-state index in [0.29, 0.717) is 0 Å². The van der Waals surface area contributed by atoms with Crippen LogP contribution in [0.5, 0.6) is 0 Å². The third kappa shape index (κ3) is 5.68. The number of hydrogen-bond acceptors (Lipinski definition) is 3. The van der Waals surface area contributed by atoms with Gasteiger partial charge >= 0.3 is 0 Å². The molecule has 1 rings (SSSR count). The number of nitrogens with zero attached hydrogens (tertiary/aromatic N) is 1. The highest BCUT2D eigenvalue weighted by Gasteiger charge is 2.05. The Morgan fingerprint density at radius 1 is 1.35 bits per heavy atom. The van der Waals surface area contributed by atoms with Crippen LogP contribution in [0, 0.1) is 5.92 Å². The highest BCUT2D eigenvalue weighted by atomic mass is 14.9. The van der Waals surface area contributed by atoms with Gasteiger partial charge in [0.25, 0.3) is 0 Å². The monoisotopic (exact) mass is 235 g/mol. The maximum atomic E-state index is 5.60. The van der Waals surface area contributed by atoms with Crippen LogP contribution in [0.25, 0.3) is 0 Å². The van der Waals surface area contributed by atoms with Crippen molar-refractivity contribution in [1.29, 1.82) is 0 Å². The summed E-state index contributed by atoms with van der Waals surface area (Å²) >= 11 is 0. The molecule has 0 fully saturated rings. The Bertz CT molecular complexity index is 295. The Kier molecular flexibility index (Phi) is 6.63. The molecule has 0 amide bonds. The molecule has 0 saturated heterocycles. The smallest absolute Gasteiger partial charge is 0.0543 e. The van der Waals surface area contributed by atoms with E-state index < -0.39 is 0 Å². The third-order valence-electron chi connectivity index (χ3n) is 3.13. The molecule has 96 valence electrons. The Balaban J connectivity index is 2.23. The molecule has 0 bridgehead atoms. The van der Waals surface area contributed by atoms with Gasteiger partial charge in [-0.25, -0.2) is 0 Å². The van der Waals surface area contributed by atoms with Crippen LogP contribution < -0.4 is 11.1 Å². The van der Waals surface area contributed by atoms with Crippen molar-refractivity contribution in [3.63, 3.8) is 0 Å². The van der Waals surface area contributed by atoms with Crippen molar-refractivity contribution in [1.82, 2.24) is 10.3 Å². The SMILES string of the molecule is CCCCC(CC)CNCc1ccc(N)cn1. The van der Waals surface area contributed by atoms with Crippen molar-refractivity contribution in [2.45, 2.75) is 46.1 Å². The maximum absolute atomic E-state index is 5.60. The molecule has 0 spiro atoms. The Labute approximate surface area is 105 Å². The number of nitrogen functional groups attached to an aromatic ring is 1. The van der Waals surface area contributed by atoms with Gasteiger partial charge in [-0.3, -0.25) is 4.98 Å². The zero-order valence-corrected chi connectivity index (χ0v) is 11.1. The van der Waals surface area contributed by atoms with E-state index in [1.807, 2.05) is 12.1 Å². The molecule has 1 aromatic heterocycles. The standard InChI is InChI=1S/C14H25N3/c1-3-5-6-12(4-2)9-16-11-14-8-7-13(15)10-17-14/h7-8,10,12,16H,3-6,9,11,15H2,1-2H3. The molecule has 3 N–H and O–H groups in total. The first-order valence-corrected chi connectivity index (χ1v) is 6.67. The van der Waals surface area contributed by atoms with Crippen molar-refractivity contribution in [3.05, 3.63) is 24.0 Å². The van der Waals surface area contributed by atoms with Crippen LogP contribution >= 0.6 is 0 Å². The largest absolute Gasteiger partial charge is 0.397 e. The molecule has 1 aromatic rings. The van der Waals surface area contributed by atoms with Crippen LogP contribution in [-0.4, -0.2) is 11.5 Å². The maximum Gasteiger partial charge on any atom is 0.0543 e. The Hall–Kier alpha value is -1.09. The van der Waals surface area contributed by atoms with Gasteiger partial charge in [-0.15, -0.1) is 0 Å². The van der Waals surface area contributed by atoms with Crippen molar-refractivity contribution < 1.29 is 0 Å². The molecule has 17 heavy (non-hydrogen) atoms. The molecule has 0 aliphatic carbocycles. The normalized spacial score (nSPS) is 12.6. The summed E-state index contributed by atoms with van der Waals surface area (Å²) in [6.07, 6.45) is 6.92. The second-order valence-corrected chi connectivity index (χ2v) is 4.63. The van der Waals surface area contributed by atoms with Crippen LogP contribution in [0.3, 0.4) is 0 Å². The van der Waals surface area contributed by atoms with Crippen LogP contribution in [0.2, 0.25) is 0 Å². The number of anilines is 1. The molecule has 0 aliphatic heterocycles. The van der Waals surface area contributed by atoms with Gasteiger partial charge in [-0.05, 0) is 31.0 Å². The Morgan fingerprint density at radius 2 is 2.18 bits per heavy atom. The van der Waals surface area contributed by atoms with Gasteiger partial charge in [0.05, 0.1) is 17.6 Å². The lowest BCUT2D eigenvalue weighted by Gasteiger charge is -2.15. The molecule has 1 unspecified atom stereocenters. The van der Waals surface area contributed by atoms with Crippen molar-refractivity contribution >= 4 is 5.69 Å². The second-order valence-electron chi connectivity index (χ2n) is 4.63. The van der Waals surface area contributed by atoms with E-state index in [4.69, 9.17) is 5.73 Å². The fourth-order valence-electron chi connectivity index (χ4n) is 1.89. The summed E-state index contributed by atoms with van der Waals surface area (Å²) in [4.78, 5) is 4.28. The van der Waals surface area contributed by atoms with Gasteiger partial charge < -0.3 is 11.1 Å². The summed E-state index contributed by atoms with van der Waals surface area (Å²) in [6.45, 7) is 6.44. The molecule has 0 aliphatic rings. The first kappa shape index (κ1) is 14.0. The van der Waals surface area contributed by atoms with Crippen LogP contribution in [0.15, 0.2) is 18.3 Å². The number of rotatable bonds is 8. The molecule has 0 radical (unpaired) electrons. The summed E-state index contributed by atoms with van der Waals surface area (Å²) in [5, 5.41) is 3.48. The predicted molar refractivity (Wildman–Crippen MR) is 73.7 cm³/mol. The van der Waals surface area contributed by atoms with Crippen molar-refractivity contribution in [2.75, 3.05) is 12.3 Å². The number of unbranched alkanes of at least 4 members (excludes halogenated alkanes) is 1. The summed E-state index contributed by atoms with van der Waals surface area (Å²) in [7, 11) is 0. The van der Waals surface area contributed by atoms with Crippen LogP contribution in [0.4, 0.5) is 5.69 Å². The third-order valence-corrected chi connectivity index (χ3v) is 3.13. The van der Waals surface area contributed by atoms with E-state index in [2.05, 4.69) is 24.1 Å². The molecule has 1 atom stereocenters. The summed E-state index contributed by atoms with van der Waals surface area (Å²) in [5.41, 5.74) is 7.38. The first-order valence-electron chi connectivity index (χ1n) is 6.67. The number of aromatic nitrogens is 1. The lowest BCUT2D eigenvalue weighted by molar-refractivity contribution is 0.418. The van der Waals surface area contributed by atoms with Crippen molar-refractivity contribution in [2.24, 2.45) is 5.92 Å². The average Bonchev–Trinajstić information content (AvgIpc) is 2.36. The van der Waals surface area contributed by atoms with Gasteiger partial charge in [0.15, 0.2) is 0 Å². The molecule has 0 aromatic carbocycles. The van der Waals surface area contributed by atoms with Crippen LogP contribution in [-0.2, 0) is 6.54 Å². The zero-order chi connectivity index (χ0) is 12.5. The number of nitrogens with one attached hydrogen (secondary N) is 1. The lowest BCUT2D eigenvalue weighted by atomic mass is 9.99. The minimum absolute atomic E-state index is 0.725. The topological polar surface area (TPSA) is 50.9 Å². The summed E-state index contributed by atoms with van der Waals surface area (Å²) in [5.74, 6) is 0.795. The van der Waals surface area contributed by atoms with Crippen molar-refractivity contribution in [3.8, 4) is 0 Å². The highest BCUT2D eigenvalue weighted by molar-refractivity contribution is 5.34. The lowest BCUT2D eigenvalue weighted by Crippen LogP contribution is -2.22. The quantitative estimate of drug-likeness (QED) is 0.728. The number of nitrogens with two attached hydrogens (primary N) is 1. The van der Waals surface area contributed by atoms with E-state index in [0.717, 1.165) is 30.4 Å². The molecule has 3 nitrogen and oxygen atoms in total. The average molecular weight is 235 g/mol. The predicted octanol–water partition coefficient (Wildman–Crippen LogP) is 2.97. The second kappa shape index (κ2) is 8.07. The van der Waals surface area contributed by atoms with E-state index in [-0.39, 0.29) is 0 Å². The van der Waals surface area contributed by atoms with Crippen LogP contribution in [0.1, 0.15) is 45.2 Å². The minimum Gasteiger partial charge on any atom is -0.397 e. The van der Waals surface area contributed by atoms with Gasteiger partial charge in [0.1, 0.15) is 0 Å². The molecular formula is C14H25N3. The van der Waals surface area contributed by atoms with Gasteiger partial charge in [-0.1, -0.05) is 33.1 Å². The number of pyridine rings is 1. The summed E-state index contributed by atoms with van der Waals surface area (Å²) < 4.78 is 0. The van der Waals surface area contributed by atoms with E-state index in [9.17, 15) is 0 Å².